The summed E-state index contributed by atoms with van der Waals surface area (Å²) in [7, 11) is 3.38. The molecule has 0 saturated carbocycles. The van der Waals surface area contributed by atoms with Gasteiger partial charge in [-0.05, 0) is 26.0 Å². The van der Waals surface area contributed by atoms with E-state index in [1.807, 2.05) is 24.9 Å². The quantitative estimate of drug-likeness (QED) is 0.552. The number of aromatic amines is 2. The van der Waals surface area contributed by atoms with E-state index < -0.39 is 17.1 Å². The molecule has 148 valence electrons. The number of nitrogens with zero attached hydrogens (tertiary/aromatic N) is 4. The van der Waals surface area contributed by atoms with Crippen LogP contribution in [-0.2, 0) is 14.1 Å². The molecule has 10 heteroatoms. The lowest BCUT2D eigenvalue weighted by molar-refractivity contribution is 0.447. The molecular formula is C18H22N6O4. The van der Waals surface area contributed by atoms with Crippen LogP contribution in [0.5, 0.6) is 5.88 Å². The molecule has 0 spiro atoms. The van der Waals surface area contributed by atoms with Crippen molar-refractivity contribution in [3.8, 4) is 5.88 Å². The number of aromatic hydroxyl groups is 1. The minimum absolute atomic E-state index is 0.156. The Kier molecular flexibility index (Phi) is 4.95. The molecule has 3 aromatic rings. The molecule has 0 unspecified atom stereocenters. The first-order valence-corrected chi connectivity index (χ1v) is 8.82. The number of aryl methyl sites for hydroxylation is 2. The Bertz CT molecular complexity index is 1240. The van der Waals surface area contributed by atoms with E-state index in [2.05, 4.69) is 14.9 Å². The Morgan fingerprint density at radius 3 is 2.25 bits per heavy atom. The topological polar surface area (TPSA) is 128 Å². The number of imidazole rings is 1. The van der Waals surface area contributed by atoms with Gasteiger partial charge in [-0.2, -0.15) is 0 Å². The highest BCUT2D eigenvalue weighted by atomic mass is 16.3. The molecule has 0 bridgehead atoms. The van der Waals surface area contributed by atoms with Crippen LogP contribution in [0, 0.1) is 0 Å². The zero-order valence-electron chi connectivity index (χ0n) is 16.1. The third-order valence-electron chi connectivity index (χ3n) is 4.76. The van der Waals surface area contributed by atoms with Gasteiger partial charge in [0, 0.05) is 33.4 Å². The Labute approximate surface area is 159 Å². The molecule has 28 heavy (non-hydrogen) atoms. The molecule has 1 aromatic carbocycles. The molecule has 0 saturated heterocycles. The van der Waals surface area contributed by atoms with Gasteiger partial charge in [0.05, 0.1) is 22.4 Å². The van der Waals surface area contributed by atoms with Crippen LogP contribution in [0.2, 0.25) is 0 Å². The van der Waals surface area contributed by atoms with Crippen LogP contribution in [-0.4, -0.2) is 43.5 Å². The summed E-state index contributed by atoms with van der Waals surface area (Å²) in [4.78, 5) is 46.1. The SMILES string of the molecule is CCN(CC)c1cc2c(cc1N=Cc1c(O)[nH]c(=O)[nH]c1=O)n(C)c(=O)n2C. The van der Waals surface area contributed by atoms with Crippen molar-refractivity contribution in [2.75, 3.05) is 18.0 Å². The lowest BCUT2D eigenvalue weighted by Gasteiger charge is -2.23. The number of aromatic nitrogens is 4. The van der Waals surface area contributed by atoms with Gasteiger partial charge in [0.1, 0.15) is 5.56 Å². The van der Waals surface area contributed by atoms with Crippen LogP contribution >= 0.6 is 0 Å². The average Bonchev–Trinajstić information content (AvgIpc) is 2.86. The zero-order valence-corrected chi connectivity index (χ0v) is 16.1. The number of rotatable bonds is 5. The molecule has 3 rings (SSSR count). The second-order valence-electron chi connectivity index (χ2n) is 6.33. The fraction of sp³-hybridized carbons (Fsp3) is 0.333. The van der Waals surface area contributed by atoms with Gasteiger partial charge in [0.2, 0.25) is 5.88 Å². The normalized spacial score (nSPS) is 11.6. The summed E-state index contributed by atoms with van der Waals surface area (Å²) in [6.07, 6.45) is 1.19. The Balaban J connectivity index is 2.25. The van der Waals surface area contributed by atoms with Crippen LogP contribution < -0.4 is 21.8 Å². The molecule has 0 aliphatic heterocycles. The van der Waals surface area contributed by atoms with Crippen molar-refractivity contribution in [2.24, 2.45) is 19.1 Å². The minimum atomic E-state index is -0.802. The monoisotopic (exact) mass is 386 g/mol. The van der Waals surface area contributed by atoms with Crippen molar-refractivity contribution >= 4 is 28.6 Å². The Morgan fingerprint density at radius 2 is 1.68 bits per heavy atom. The summed E-state index contributed by atoms with van der Waals surface area (Å²) in [6.45, 7) is 5.44. The van der Waals surface area contributed by atoms with E-state index >= 15 is 0 Å². The second kappa shape index (κ2) is 7.22. The summed E-state index contributed by atoms with van der Waals surface area (Å²) >= 11 is 0. The van der Waals surface area contributed by atoms with Gasteiger partial charge < -0.3 is 10.0 Å². The molecular weight excluding hydrogens is 364 g/mol. The highest BCUT2D eigenvalue weighted by Crippen LogP contribution is 2.33. The number of hydrogen-bond acceptors (Lipinski definition) is 6. The van der Waals surface area contributed by atoms with Crippen molar-refractivity contribution in [1.29, 1.82) is 0 Å². The minimum Gasteiger partial charge on any atom is -0.494 e. The van der Waals surface area contributed by atoms with E-state index in [9.17, 15) is 19.5 Å². The van der Waals surface area contributed by atoms with Gasteiger partial charge in [-0.15, -0.1) is 0 Å². The van der Waals surface area contributed by atoms with Gasteiger partial charge in [0.15, 0.2) is 0 Å². The molecule has 3 N–H and O–H groups in total. The van der Waals surface area contributed by atoms with E-state index in [0.717, 1.165) is 24.3 Å². The van der Waals surface area contributed by atoms with Gasteiger partial charge in [0.25, 0.3) is 5.56 Å². The van der Waals surface area contributed by atoms with E-state index in [4.69, 9.17) is 0 Å². The molecule has 2 heterocycles. The summed E-state index contributed by atoms with van der Waals surface area (Å²) < 4.78 is 3.08. The molecule has 2 aromatic heterocycles. The van der Waals surface area contributed by atoms with Crippen LogP contribution in [0.4, 0.5) is 11.4 Å². The predicted molar refractivity (Wildman–Crippen MR) is 108 cm³/mol. The first-order valence-electron chi connectivity index (χ1n) is 8.82. The first kappa shape index (κ1) is 19.2. The Morgan fingerprint density at radius 1 is 1.07 bits per heavy atom. The fourth-order valence-corrected chi connectivity index (χ4v) is 3.18. The van der Waals surface area contributed by atoms with Crippen molar-refractivity contribution in [1.82, 2.24) is 19.1 Å². The largest absolute Gasteiger partial charge is 0.494 e. The Hall–Kier alpha value is -3.56. The van der Waals surface area contributed by atoms with Gasteiger partial charge in [-0.1, -0.05) is 0 Å². The summed E-state index contributed by atoms with van der Waals surface area (Å²) in [5, 5.41) is 9.85. The second-order valence-corrected chi connectivity index (χ2v) is 6.33. The predicted octanol–water partition coefficient (Wildman–Crippen LogP) is 0.556. The molecule has 0 aliphatic rings. The summed E-state index contributed by atoms with van der Waals surface area (Å²) in [5.41, 5.74) is 0.904. The number of fused-ring (bicyclic) bond motifs is 1. The smallest absolute Gasteiger partial charge is 0.328 e. The van der Waals surface area contributed by atoms with E-state index in [-0.39, 0.29) is 11.3 Å². The van der Waals surface area contributed by atoms with Crippen molar-refractivity contribution in [2.45, 2.75) is 13.8 Å². The molecule has 0 radical (unpaired) electrons. The summed E-state index contributed by atoms with van der Waals surface area (Å²) in [5.74, 6) is -0.560. The number of nitrogens with one attached hydrogen (secondary N) is 2. The number of benzene rings is 1. The van der Waals surface area contributed by atoms with Gasteiger partial charge >= 0.3 is 11.4 Å². The number of H-pyrrole nitrogens is 2. The van der Waals surface area contributed by atoms with Crippen molar-refractivity contribution in [3.63, 3.8) is 0 Å². The van der Waals surface area contributed by atoms with Crippen molar-refractivity contribution in [3.05, 3.63) is 49.0 Å². The molecule has 0 aliphatic carbocycles. The first-order chi connectivity index (χ1) is 13.3. The maximum absolute atomic E-state index is 12.3. The van der Waals surface area contributed by atoms with Gasteiger partial charge in [-0.25, -0.2) is 9.59 Å². The van der Waals surface area contributed by atoms with E-state index in [1.165, 1.54) is 10.8 Å². The van der Waals surface area contributed by atoms with Gasteiger partial charge in [-0.3, -0.25) is 28.9 Å². The third kappa shape index (κ3) is 3.13. The van der Waals surface area contributed by atoms with Crippen LogP contribution in [0.3, 0.4) is 0 Å². The zero-order chi connectivity index (χ0) is 20.6. The van der Waals surface area contributed by atoms with Crippen molar-refractivity contribution < 1.29 is 5.11 Å². The maximum Gasteiger partial charge on any atom is 0.328 e. The molecule has 10 nitrogen and oxygen atoms in total. The van der Waals surface area contributed by atoms with Crippen LogP contribution in [0.1, 0.15) is 19.4 Å². The molecule has 0 fully saturated rings. The lowest BCUT2D eigenvalue weighted by Crippen LogP contribution is -2.25. The average molecular weight is 386 g/mol. The van der Waals surface area contributed by atoms with Crippen LogP contribution in [0.15, 0.2) is 31.5 Å². The molecule has 0 amide bonds. The summed E-state index contributed by atoms with van der Waals surface area (Å²) in [6, 6.07) is 3.64. The highest BCUT2D eigenvalue weighted by Gasteiger charge is 2.15. The maximum atomic E-state index is 12.3. The number of aliphatic imine (C=N–C) groups is 1. The number of hydrogen-bond donors (Lipinski definition) is 3. The third-order valence-corrected chi connectivity index (χ3v) is 4.76. The van der Waals surface area contributed by atoms with E-state index in [1.54, 1.807) is 24.7 Å². The number of anilines is 1. The fourth-order valence-electron chi connectivity index (χ4n) is 3.18. The van der Waals surface area contributed by atoms with Crippen LogP contribution in [0.25, 0.3) is 11.0 Å². The molecule has 0 atom stereocenters. The highest BCUT2D eigenvalue weighted by molar-refractivity contribution is 5.91. The standard InChI is InChI=1S/C18H22N6O4/c1-5-24(6-2)12-8-14-13(22(3)18(28)23(14)4)7-11(12)19-9-10-15(25)20-17(27)21-16(10)26/h7-9H,5-6H2,1-4H3,(H3,20,21,25,26,27). The lowest BCUT2D eigenvalue weighted by atomic mass is 10.2. The van der Waals surface area contributed by atoms with E-state index in [0.29, 0.717) is 11.2 Å².